The van der Waals surface area contributed by atoms with Crippen LogP contribution in [-0.4, -0.2) is 47.6 Å². The van der Waals surface area contributed by atoms with E-state index in [1.54, 1.807) is 0 Å². The molecule has 2 unspecified atom stereocenters. The molecule has 0 aliphatic carbocycles. The van der Waals surface area contributed by atoms with Crippen LogP contribution in [0.4, 0.5) is 0 Å². The van der Waals surface area contributed by atoms with Crippen molar-refractivity contribution in [3.05, 3.63) is 0 Å². The summed E-state index contributed by atoms with van der Waals surface area (Å²) in [5, 5.41) is 0. The van der Waals surface area contributed by atoms with Gasteiger partial charge in [0.2, 0.25) is 0 Å². The van der Waals surface area contributed by atoms with Crippen molar-refractivity contribution >= 4 is 0 Å². The number of piperidine rings is 1. The van der Waals surface area contributed by atoms with Gasteiger partial charge in [0, 0.05) is 24.7 Å². The average Bonchev–Trinajstić information content (AvgIpc) is 2.62. The molecule has 0 aromatic carbocycles. The first-order valence-electron chi connectivity index (χ1n) is 6.73. The van der Waals surface area contributed by atoms with Crippen molar-refractivity contribution in [2.45, 2.75) is 64.6 Å². The van der Waals surface area contributed by atoms with Crippen molar-refractivity contribution in [3.63, 3.8) is 0 Å². The van der Waals surface area contributed by atoms with E-state index < -0.39 is 0 Å². The van der Waals surface area contributed by atoms with Crippen LogP contribution in [0.2, 0.25) is 0 Å². The van der Waals surface area contributed by atoms with Crippen LogP contribution in [0, 0.1) is 0 Å². The van der Waals surface area contributed by atoms with Crippen LogP contribution in [0.3, 0.4) is 0 Å². The zero-order chi connectivity index (χ0) is 10.8. The maximum Gasteiger partial charge on any atom is 0.0266 e. The number of nitrogens with zero attached hydrogens (tertiary/aromatic N) is 2. The quantitative estimate of drug-likeness (QED) is 0.705. The fourth-order valence-electron chi connectivity index (χ4n) is 3.52. The lowest BCUT2D eigenvalue weighted by atomic mass is 9.95. The minimum absolute atomic E-state index is 0.736. The van der Waals surface area contributed by atoms with Crippen molar-refractivity contribution in [2.24, 2.45) is 0 Å². The number of hydrogen-bond donors (Lipinski definition) is 0. The number of likely N-dealkylation sites (tertiary alicyclic amines) is 2. The van der Waals surface area contributed by atoms with E-state index in [2.05, 4.69) is 30.6 Å². The van der Waals surface area contributed by atoms with Gasteiger partial charge in [0.1, 0.15) is 0 Å². The Bertz CT molecular complexity index is 203. The summed E-state index contributed by atoms with van der Waals surface area (Å²) >= 11 is 0. The van der Waals surface area contributed by atoms with Gasteiger partial charge in [-0.1, -0.05) is 6.92 Å². The van der Waals surface area contributed by atoms with Crippen molar-refractivity contribution in [2.75, 3.05) is 19.6 Å². The van der Waals surface area contributed by atoms with Crippen LogP contribution in [0.15, 0.2) is 0 Å². The largest absolute Gasteiger partial charge is 0.299 e. The molecule has 2 heterocycles. The third-order valence-electron chi connectivity index (χ3n) is 4.14. The van der Waals surface area contributed by atoms with E-state index in [0.717, 1.165) is 18.1 Å². The Morgan fingerprint density at radius 2 is 1.93 bits per heavy atom. The van der Waals surface area contributed by atoms with Gasteiger partial charge in [0.05, 0.1) is 0 Å². The van der Waals surface area contributed by atoms with Crippen molar-refractivity contribution < 1.29 is 0 Å². The standard InChI is InChI=1S/C13H26N2/c1-4-8-14-10-7-13-12(14)6-5-9-15(13)11(2)3/h11-13H,4-10H2,1-3H3. The molecule has 2 saturated heterocycles. The SMILES string of the molecule is CCCN1CCC2C1CCCN2C(C)C. The third kappa shape index (κ3) is 2.21. The lowest BCUT2D eigenvalue weighted by Gasteiger charge is -2.42. The smallest absolute Gasteiger partial charge is 0.0266 e. The van der Waals surface area contributed by atoms with Gasteiger partial charge in [-0.05, 0) is 52.6 Å². The molecule has 2 rings (SSSR count). The van der Waals surface area contributed by atoms with Gasteiger partial charge in [-0.25, -0.2) is 0 Å². The molecule has 2 heteroatoms. The molecule has 0 spiro atoms. The monoisotopic (exact) mass is 210 g/mol. The third-order valence-corrected chi connectivity index (χ3v) is 4.14. The van der Waals surface area contributed by atoms with E-state index >= 15 is 0 Å². The Morgan fingerprint density at radius 1 is 1.13 bits per heavy atom. The Hall–Kier alpha value is -0.0800. The first-order chi connectivity index (χ1) is 7.24. The average molecular weight is 210 g/mol. The molecule has 0 N–H and O–H groups in total. The first-order valence-corrected chi connectivity index (χ1v) is 6.73. The molecule has 0 bridgehead atoms. The molecule has 0 aromatic heterocycles. The maximum absolute atomic E-state index is 2.74. The molecule has 2 aliphatic heterocycles. The molecule has 2 fully saturated rings. The summed E-state index contributed by atoms with van der Waals surface area (Å²) in [5.41, 5.74) is 0. The van der Waals surface area contributed by atoms with Crippen molar-refractivity contribution in [3.8, 4) is 0 Å². The molecule has 15 heavy (non-hydrogen) atoms. The van der Waals surface area contributed by atoms with Crippen LogP contribution in [-0.2, 0) is 0 Å². The highest BCUT2D eigenvalue weighted by Crippen LogP contribution is 2.31. The summed E-state index contributed by atoms with van der Waals surface area (Å²) in [6.45, 7) is 11.0. The van der Waals surface area contributed by atoms with Crippen LogP contribution >= 0.6 is 0 Å². The molecule has 0 amide bonds. The molecule has 2 atom stereocenters. The molecule has 0 saturated carbocycles. The van der Waals surface area contributed by atoms with Gasteiger partial charge in [0.15, 0.2) is 0 Å². The Kier molecular flexibility index (Phi) is 3.68. The van der Waals surface area contributed by atoms with E-state index in [1.807, 2.05) is 0 Å². The molecule has 2 aliphatic rings. The van der Waals surface area contributed by atoms with Crippen LogP contribution < -0.4 is 0 Å². The van der Waals surface area contributed by atoms with E-state index in [-0.39, 0.29) is 0 Å². The van der Waals surface area contributed by atoms with E-state index in [1.165, 1.54) is 45.3 Å². The van der Waals surface area contributed by atoms with Gasteiger partial charge >= 0.3 is 0 Å². The van der Waals surface area contributed by atoms with Crippen LogP contribution in [0.5, 0.6) is 0 Å². The zero-order valence-corrected chi connectivity index (χ0v) is 10.6. The minimum Gasteiger partial charge on any atom is -0.299 e. The molecular formula is C13H26N2. The second-order valence-corrected chi connectivity index (χ2v) is 5.43. The molecule has 88 valence electrons. The van der Waals surface area contributed by atoms with Crippen LogP contribution in [0.25, 0.3) is 0 Å². The minimum atomic E-state index is 0.736. The summed E-state index contributed by atoms with van der Waals surface area (Å²) < 4.78 is 0. The normalized spacial score (nSPS) is 33.6. The predicted octanol–water partition coefficient (Wildman–Crippen LogP) is 2.34. The summed E-state index contributed by atoms with van der Waals surface area (Å²) in [6, 6.07) is 2.48. The van der Waals surface area contributed by atoms with E-state index in [4.69, 9.17) is 0 Å². The highest BCUT2D eigenvalue weighted by atomic mass is 15.3. The van der Waals surface area contributed by atoms with Crippen molar-refractivity contribution in [1.29, 1.82) is 0 Å². The highest BCUT2D eigenvalue weighted by Gasteiger charge is 2.40. The lowest BCUT2D eigenvalue weighted by Crippen LogP contribution is -2.52. The fraction of sp³-hybridized carbons (Fsp3) is 1.00. The summed E-state index contributed by atoms with van der Waals surface area (Å²) in [7, 11) is 0. The second kappa shape index (κ2) is 4.84. The van der Waals surface area contributed by atoms with Crippen molar-refractivity contribution in [1.82, 2.24) is 9.80 Å². The van der Waals surface area contributed by atoms with Gasteiger partial charge in [-0.15, -0.1) is 0 Å². The van der Waals surface area contributed by atoms with E-state index in [0.29, 0.717) is 0 Å². The number of rotatable bonds is 3. The number of hydrogen-bond acceptors (Lipinski definition) is 2. The molecule has 0 aromatic rings. The Morgan fingerprint density at radius 3 is 2.60 bits per heavy atom. The van der Waals surface area contributed by atoms with Crippen LogP contribution in [0.1, 0.15) is 46.5 Å². The van der Waals surface area contributed by atoms with Gasteiger partial charge < -0.3 is 0 Å². The lowest BCUT2D eigenvalue weighted by molar-refractivity contribution is 0.0703. The maximum atomic E-state index is 2.74. The van der Waals surface area contributed by atoms with Gasteiger partial charge in [-0.3, -0.25) is 9.80 Å². The van der Waals surface area contributed by atoms with Gasteiger partial charge in [0.25, 0.3) is 0 Å². The molecule has 0 radical (unpaired) electrons. The first kappa shape index (κ1) is 11.4. The van der Waals surface area contributed by atoms with Gasteiger partial charge in [-0.2, -0.15) is 0 Å². The number of fused-ring (bicyclic) bond motifs is 1. The fourth-order valence-corrected chi connectivity index (χ4v) is 3.52. The topological polar surface area (TPSA) is 6.48 Å². The Labute approximate surface area is 94.6 Å². The van der Waals surface area contributed by atoms with E-state index in [9.17, 15) is 0 Å². The zero-order valence-electron chi connectivity index (χ0n) is 10.6. The highest BCUT2D eigenvalue weighted by molar-refractivity contribution is 4.97. The molecular weight excluding hydrogens is 184 g/mol. The predicted molar refractivity (Wildman–Crippen MR) is 65.1 cm³/mol. The second-order valence-electron chi connectivity index (χ2n) is 5.43. The summed E-state index contributed by atoms with van der Waals surface area (Å²) in [6.07, 6.45) is 5.56. The summed E-state index contributed by atoms with van der Waals surface area (Å²) in [5.74, 6) is 0. The molecule has 2 nitrogen and oxygen atoms in total. The summed E-state index contributed by atoms with van der Waals surface area (Å²) in [4.78, 5) is 5.48. The Balaban J connectivity index is 2.01.